The lowest BCUT2D eigenvalue weighted by molar-refractivity contribution is 0.0696. The monoisotopic (exact) mass is 196 g/mol. The van der Waals surface area contributed by atoms with Gasteiger partial charge in [0.15, 0.2) is 0 Å². The Balaban J connectivity index is 2.60. The molecule has 0 aliphatic rings. The van der Waals surface area contributed by atoms with E-state index in [0.29, 0.717) is 5.75 Å². The fourth-order valence-corrected chi connectivity index (χ4v) is 0.911. The van der Waals surface area contributed by atoms with Crippen molar-refractivity contribution >= 4 is 5.97 Å². The van der Waals surface area contributed by atoms with Crippen LogP contribution in [0, 0.1) is 0 Å². The van der Waals surface area contributed by atoms with E-state index in [1.165, 1.54) is 12.1 Å². The van der Waals surface area contributed by atoms with Crippen LogP contribution in [0.2, 0.25) is 0 Å². The van der Waals surface area contributed by atoms with Crippen molar-refractivity contribution in [2.24, 2.45) is 0 Å². The van der Waals surface area contributed by atoms with Gasteiger partial charge in [-0.05, 0) is 31.2 Å². The van der Waals surface area contributed by atoms with Crippen molar-refractivity contribution < 1.29 is 19.7 Å². The number of carboxylic acids is 1. The van der Waals surface area contributed by atoms with Crippen LogP contribution in [-0.4, -0.2) is 28.9 Å². The second-order valence-corrected chi connectivity index (χ2v) is 2.99. The zero-order chi connectivity index (χ0) is 10.6. The van der Waals surface area contributed by atoms with Gasteiger partial charge in [-0.15, -0.1) is 0 Å². The average molecular weight is 196 g/mol. The first kappa shape index (κ1) is 10.5. The molecular formula is C10H12O4. The lowest BCUT2D eigenvalue weighted by Crippen LogP contribution is -2.12. The summed E-state index contributed by atoms with van der Waals surface area (Å²) in [6, 6.07) is 6.04. The fourth-order valence-electron chi connectivity index (χ4n) is 0.911. The summed E-state index contributed by atoms with van der Waals surface area (Å²) in [6.45, 7) is 1.82. The summed E-state index contributed by atoms with van der Waals surface area (Å²) in [5.41, 5.74) is 0.217. The first-order valence-corrected chi connectivity index (χ1v) is 4.24. The molecule has 0 aromatic heterocycles. The van der Waals surface area contributed by atoms with Crippen LogP contribution in [0.4, 0.5) is 0 Å². The van der Waals surface area contributed by atoms with Gasteiger partial charge in [0.25, 0.3) is 0 Å². The van der Waals surface area contributed by atoms with E-state index in [1.54, 1.807) is 19.1 Å². The Hall–Kier alpha value is -1.55. The van der Waals surface area contributed by atoms with Crippen LogP contribution in [0.5, 0.6) is 5.75 Å². The molecule has 1 unspecified atom stereocenters. The molecule has 4 heteroatoms. The topological polar surface area (TPSA) is 66.8 Å². The van der Waals surface area contributed by atoms with E-state index in [-0.39, 0.29) is 12.2 Å². The first-order valence-electron chi connectivity index (χ1n) is 4.24. The van der Waals surface area contributed by atoms with E-state index >= 15 is 0 Å². The number of ether oxygens (including phenoxy) is 1. The number of benzene rings is 1. The lowest BCUT2D eigenvalue weighted by atomic mass is 10.2. The van der Waals surface area contributed by atoms with Gasteiger partial charge in [0, 0.05) is 0 Å². The molecule has 0 fully saturated rings. The molecule has 1 aromatic rings. The Bertz CT molecular complexity index is 302. The van der Waals surface area contributed by atoms with Crippen molar-refractivity contribution in [3.8, 4) is 5.75 Å². The Morgan fingerprint density at radius 2 is 2.00 bits per heavy atom. The molecule has 0 saturated heterocycles. The van der Waals surface area contributed by atoms with Crippen molar-refractivity contribution in [3.63, 3.8) is 0 Å². The van der Waals surface area contributed by atoms with Crippen LogP contribution in [0.1, 0.15) is 17.3 Å². The Labute approximate surface area is 81.8 Å². The third-order valence-corrected chi connectivity index (χ3v) is 1.59. The normalized spacial score (nSPS) is 12.1. The van der Waals surface area contributed by atoms with Gasteiger partial charge in [-0.2, -0.15) is 0 Å². The highest BCUT2D eigenvalue weighted by atomic mass is 16.5. The van der Waals surface area contributed by atoms with Crippen LogP contribution in [0.25, 0.3) is 0 Å². The number of carboxylic acid groups (broad SMARTS) is 1. The zero-order valence-electron chi connectivity index (χ0n) is 7.80. The van der Waals surface area contributed by atoms with Gasteiger partial charge in [-0.3, -0.25) is 0 Å². The molecule has 0 bridgehead atoms. The molecule has 2 N–H and O–H groups in total. The van der Waals surface area contributed by atoms with Crippen molar-refractivity contribution in [2.45, 2.75) is 13.0 Å². The second kappa shape index (κ2) is 4.62. The number of rotatable bonds is 4. The van der Waals surface area contributed by atoms with E-state index in [2.05, 4.69) is 0 Å². The van der Waals surface area contributed by atoms with Crippen molar-refractivity contribution in [2.75, 3.05) is 6.61 Å². The van der Waals surface area contributed by atoms with Crippen LogP contribution >= 0.6 is 0 Å². The number of aromatic carboxylic acids is 1. The molecule has 0 amide bonds. The number of hydrogen-bond donors (Lipinski definition) is 2. The maximum atomic E-state index is 10.5. The molecule has 0 spiro atoms. The maximum absolute atomic E-state index is 10.5. The van der Waals surface area contributed by atoms with E-state index in [0.717, 1.165) is 0 Å². The van der Waals surface area contributed by atoms with Gasteiger partial charge in [0.05, 0.1) is 11.7 Å². The maximum Gasteiger partial charge on any atom is 0.335 e. The van der Waals surface area contributed by atoms with Crippen LogP contribution in [0.15, 0.2) is 24.3 Å². The third-order valence-electron chi connectivity index (χ3n) is 1.59. The highest BCUT2D eigenvalue weighted by molar-refractivity contribution is 5.87. The van der Waals surface area contributed by atoms with Crippen LogP contribution in [-0.2, 0) is 0 Å². The van der Waals surface area contributed by atoms with Gasteiger partial charge in [-0.25, -0.2) is 4.79 Å². The number of carbonyl (C=O) groups is 1. The predicted molar refractivity (Wildman–Crippen MR) is 50.6 cm³/mol. The summed E-state index contributed by atoms with van der Waals surface area (Å²) in [5, 5.41) is 17.6. The first-order chi connectivity index (χ1) is 6.59. The van der Waals surface area contributed by atoms with Gasteiger partial charge in [-0.1, -0.05) is 0 Å². The molecule has 1 atom stereocenters. The summed E-state index contributed by atoms with van der Waals surface area (Å²) in [4.78, 5) is 10.5. The van der Waals surface area contributed by atoms with E-state index < -0.39 is 12.1 Å². The molecule has 0 aliphatic heterocycles. The second-order valence-electron chi connectivity index (χ2n) is 2.99. The molecule has 0 radical (unpaired) electrons. The molecule has 0 aliphatic carbocycles. The van der Waals surface area contributed by atoms with Gasteiger partial charge in [0.2, 0.25) is 0 Å². The predicted octanol–water partition coefficient (Wildman–Crippen LogP) is 1.14. The van der Waals surface area contributed by atoms with Crippen LogP contribution in [0.3, 0.4) is 0 Å². The van der Waals surface area contributed by atoms with Gasteiger partial charge >= 0.3 is 5.97 Å². The Kier molecular flexibility index (Phi) is 3.48. The molecule has 1 rings (SSSR count). The minimum Gasteiger partial charge on any atom is -0.491 e. The molecule has 76 valence electrons. The number of aliphatic hydroxyl groups is 1. The van der Waals surface area contributed by atoms with Crippen LogP contribution < -0.4 is 4.74 Å². The Morgan fingerprint density at radius 1 is 1.43 bits per heavy atom. The summed E-state index contributed by atoms with van der Waals surface area (Å²) < 4.78 is 5.16. The SMILES string of the molecule is CC(O)COc1ccc(C(=O)O)cc1. The molecule has 1 aromatic carbocycles. The molecular weight excluding hydrogens is 184 g/mol. The molecule has 4 nitrogen and oxygen atoms in total. The minimum absolute atomic E-state index is 0.201. The Morgan fingerprint density at radius 3 is 2.43 bits per heavy atom. The zero-order valence-corrected chi connectivity index (χ0v) is 7.80. The van der Waals surface area contributed by atoms with Gasteiger partial charge < -0.3 is 14.9 Å². The molecule has 0 heterocycles. The molecule has 14 heavy (non-hydrogen) atoms. The van der Waals surface area contributed by atoms with Crippen molar-refractivity contribution in [1.29, 1.82) is 0 Å². The standard InChI is InChI=1S/C10H12O4/c1-7(11)6-14-9-4-2-8(3-5-9)10(12)13/h2-5,7,11H,6H2,1H3,(H,12,13). The van der Waals surface area contributed by atoms with Gasteiger partial charge in [0.1, 0.15) is 12.4 Å². The van der Waals surface area contributed by atoms with E-state index in [1.807, 2.05) is 0 Å². The quantitative estimate of drug-likeness (QED) is 0.757. The number of aliphatic hydroxyl groups excluding tert-OH is 1. The van der Waals surface area contributed by atoms with E-state index in [4.69, 9.17) is 14.9 Å². The smallest absolute Gasteiger partial charge is 0.335 e. The average Bonchev–Trinajstić information content (AvgIpc) is 2.15. The summed E-state index contributed by atoms with van der Waals surface area (Å²) >= 11 is 0. The third kappa shape index (κ3) is 3.06. The number of hydrogen-bond acceptors (Lipinski definition) is 3. The highest BCUT2D eigenvalue weighted by Crippen LogP contribution is 2.12. The molecule has 0 saturated carbocycles. The minimum atomic E-state index is -0.966. The highest BCUT2D eigenvalue weighted by Gasteiger charge is 2.02. The lowest BCUT2D eigenvalue weighted by Gasteiger charge is -2.07. The van der Waals surface area contributed by atoms with Crippen molar-refractivity contribution in [3.05, 3.63) is 29.8 Å². The van der Waals surface area contributed by atoms with E-state index in [9.17, 15) is 4.79 Å². The van der Waals surface area contributed by atoms with Crippen molar-refractivity contribution in [1.82, 2.24) is 0 Å². The summed E-state index contributed by atoms with van der Waals surface area (Å²) in [6.07, 6.45) is -0.533. The fraction of sp³-hybridized carbons (Fsp3) is 0.300. The summed E-state index contributed by atoms with van der Waals surface area (Å²) in [5.74, 6) is -0.414. The summed E-state index contributed by atoms with van der Waals surface area (Å²) in [7, 11) is 0. The largest absolute Gasteiger partial charge is 0.491 e.